The molecule has 116 valence electrons. The Labute approximate surface area is 137 Å². The maximum absolute atomic E-state index is 12.8. The van der Waals surface area contributed by atoms with Crippen LogP contribution >= 0.6 is 15.9 Å². The van der Waals surface area contributed by atoms with Crippen LogP contribution in [0.4, 0.5) is 0 Å². The average molecular weight is 364 g/mol. The Morgan fingerprint density at radius 2 is 2.18 bits per heavy atom. The van der Waals surface area contributed by atoms with Crippen LogP contribution < -0.4 is 0 Å². The Hall–Kier alpha value is -1.36. The normalized spacial score (nSPS) is 32.3. The summed E-state index contributed by atoms with van der Waals surface area (Å²) in [5, 5.41) is 9.28. The highest BCUT2D eigenvalue weighted by molar-refractivity contribution is 9.10. The van der Waals surface area contributed by atoms with Crippen molar-refractivity contribution in [2.24, 2.45) is 5.92 Å². The smallest absolute Gasteiger partial charge is 0.326 e. The first-order chi connectivity index (χ1) is 10.5. The third-order valence-electron chi connectivity index (χ3n) is 5.64. The molecule has 4 nitrogen and oxygen atoms in total. The third kappa shape index (κ3) is 1.94. The Morgan fingerprint density at radius 3 is 2.95 bits per heavy atom. The minimum absolute atomic E-state index is 0.0151. The minimum atomic E-state index is -0.865. The van der Waals surface area contributed by atoms with Crippen molar-refractivity contribution in [1.29, 1.82) is 0 Å². The van der Waals surface area contributed by atoms with Gasteiger partial charge in [-0.1, -0.05) is 22.0 Å². The van der Waals surface area contributed by atoms with Gasteiger partial charge in [0.05, 0.1) is 0 Å². The van der Waals surface area contributed by atoms with Gasteiger partial charge in [0.2, 0.25) is 5.91 Å². The number of fused-ring (bicyclic) bond motifs is 2. The first kappa shape index (κ1) is 14.2. The fraction of sp³-hybridized carbons (Fsp3) is 0.529. The maximum Gasteiger partial charge on any atom is 0.326 e. The second kappa shape index (κ2) is 4.82. The molecule has 1 N–H and O–H groups in total. The molecule has 2 fully saturated rings. The van der Waals surface area contributed by atoms with Gasteiger partial charge in [-0.25, -0.2) is 4.79 Å². The number of aliphatic carboxylic acids is 1. The predicted molar refractivity (Wildman–Crippen MR) is 84.6 cm³/mol. The van der Waals surface area contributed by atoms with Gasteiger partial charge < -0.3 is 10.0 Å². The molecule has 1 spiro atoms. The van der Waals surface area contributed by atoms with Crippen molar-refractivity contribution >= 4 is 27.8 Å². The van der Waals surface area contributed by atoms with Crippen molar-refractivity contribution in [2.75, 3.05) is 6.54 Å². The topological polar surface area (TPSA) is 57.6 Å². The number of carboxylic acid groups (broad SMARTS) is 1. The highest BCUT2D eigenvalue weighted by Crippen LogP contribution is 2.62. The fourth-order valence-corrected chi connectivity index (χ4v) is 4.85. The van der Waals surface area contributed by atoms with Crippen LogP contribution in [-0.2, 0) is 21.4 Å². The highest BCUT2D eigenvalue weighted by atomic mass is 79.9. The standard InChI is InChI=1S/C17H18BrNO3/c18-11-3-4-12-10(8-11)5-6-17(12)9-13(17)15(20)19-7-1-2-14(19)16(21)22/h3-4,8,13-14H,1-2,5-7,9H2,(H,21,22). The van der Waals surface area contributed by atoms with Gasteiger partial charge in [0.1, 0.15) is 6.04 Å². The number of carbonyl (C=O) groups is 2. The lowest BCUT2D eigenvalue weighted by Gasteiger charge is -2.23. The largest absolute Gasteiger partial charge is 0.480 e. The number of nitrogens with zero attached hydrogens (tertiary/aromatic N) is 1. The molecule has 1 saturated carbocycles. The second-order valence-corrected chi connectivity index (χ2v) is 7.66. The summed E-state index contributed by atoms with van der Waals surface area (Å²) in [6, 6.07) is 5.72. The number of carboxylic acids is 1. The summed E-state index contributed by atoms with van der Waals surface area (Å²) < 4.78 is 1.08. The van der Waals surface area contributed by atoms with Gasteiger partial charge in [0.25, 0.3) is 0 Å². The van der Waals surface area contributed by atoms with E-state index in [1.807, 2.05) is 6.07 Å². The summed E-state index contributed by atoms with van der Waals surface area (Å²) >= 11 is 3.50. The number of halogens is 1. The number of benzene rings is 1. The van der Waals surface area contributed by atoms with Gasteiger partial charge in [-0.15, -0.1) is 0 Å². The molecule has 2 aliphatic carbocycles. The molecule has 0 bridgehead atoms. The van der Waals surface area contributed by atoms with E-state index >= 15 is 0 Å². The van der Waals surface area contributed by atoms with Crippen LogP contribution in [0.25, 0.3) is 0 Å². The van der Waals surface area contributed by atoms with Gasteiger partial charge in [-0.05, 0) is 55.4 Å². The van der Waals surface area contributed by atoms with Gasteiger partial charge in [0, 0.05) is 22.4 Å². The summed E-state index contributed by atoms with van der Waals surface area (Å²) in [6.45, 7) is 0.593. The van der Waals surface area contributed by atoms with Crippen LogP contribution in [-0.4, -0.2) is 34.5 Å². The van der Waals surface area contributed by atoms with Crippen LogP contribution in [0.3, 0.4) is 0 Å². The quantitative estimate of drug-likeness (QED) is 0.878. The van der Waals surface area contributed by atoms with Crippen LogP contribution in [0, 0.1) is 5.92 Å². The number of carbonyl (C=O) groups excluding carboxylic acids is 1. The molecule has 4 rings (SSSR count). The Kier molecular flexibility index (Phi) is 3.12. The van der Waals surface area contributed by atoms with E-state index in [1.165, 1.54) is 11.1 Å². The lowest BCUT2D eigenvalue weighted by atomic mass is 9.95. The zero-order valence-corrected chi connectivity index (χ0v) is 13.8. The van der Waals surface area contributed by atoms with E-state index in [2.05, 4.69) is 28.1 Å². The summed E-state index contributed by atoms with van der Waals surface area (Å²) in [5.41, 5.74) is 2.62. The maximum atomic E-state index is 12.8. The molecule has 5 heteroatoms. The van der Waals surface area contributed by atoms with E-state index in [9.17, 15) is 14.7 Å². The molecule has 1 aromatic carbocycles. The molecule has 1 aliphatic heterocycles. The Balaban J connectivity index is 1.58. The molecule has 1 saturated heterocycles. The Morgan fingerprint density at radius 1 is 1.36 bits per heavy atom. The SMILES string of the molecule is O=C(O)C1CCCN1C(=O)C1CC12CCc1cc(Br)ccc12. The predicted octanol–water partition coefficient (Wildman–Crippen LogP) is 2.73. The molecular formula is C17H18BrNO3. The summed E-state index contributed by atoms with van der Waals surface area (Å²) in [6.07, 6.45) is 4.29. The van der Waals surface area contributed by atoms with E-state index in [0.717, 1.165) is 30.2 Å². The number of likely N-dealkylation sites (tertiary alicyclic amines) is 1. The molecule has 0 aromatic heterocycles. The van der Waals surface area contributed by atoms with E-state index < -0.39 is 12.0 Å². The number of rotatable bonds is 2. The van der Waals surface area contributed by atoms with E-state index in [4.69, 9.17) is 0 Å². The number of hydrogen-bond acceptors (Lipinski definition) is 2. The van der Waals surface area contributed by atoms with Crippen LogP contribution in [0.2, 0.25) is 0 Å². The number of aryl methyl sites for hydroxylation is 1. The van der Waals surface area contributed by atoms with E-state index in [0.29, 0.717) is 13.0 Å². The summed E-state index contributed by atoms with van der Waals surface area (Å²) in [7, 11) is 0. The van der Waals surface area contributed by atoms with Gasteiger partial charge in [-0.2, -0.15) is 0 Å². The molecule has 3 atom stereocenters. The molecular weight excluding hydrogens is 346 g/mol. The third-order valence-corrected chi connectivity index (χ3v) is 6.13. The number of amides is 1. The lowest BCUT2D eigenvalue weighted by Crippen LogP contribution is -2.42. The molecule has 0 radical (unpaired) electrons. The summed E-state index contributed by atoms with van der Waals surface area (Å²) in [5.74, 6) is -0.827. The average Bonchev–Trinajstić information content (AvgIpc) is 2.84. The minimum Gasteiger partial charge on any atom is -0.480 e. The molecule has 1 amide bonds. The summed E-state index contributed by atoms with van der Waals surface area (Å²) in [4.78, 5) is 25.7. The lowest BCUT2D eigenvalue weighted by molar-refractivity contribution is -0.148. The molecule has 22 heavy (non-hydrogen) atoms. The van der Waals surface area contributed by atoms with Crippen molar-refractivity contribution in [1.82, 2.24) is 4.90 Å². The fourth-order valence-electron chi connectivity index (χ4n) is 4.44. The van der Waals surface area contributed by atoms with E-state index in [1.54, 1.807) is 4.90 Å². The molecule has 1 heterocycles. The van der Waals surface area contributed by atoms with Crippen molar-refractivity contribution in [3.63, 3.8) is 0 Å². The Bertz CT molecular complexity index is 674. The van der Waals surface area contributed by atoms with Crippen molar-refractivity contribution in [3.05, 3.63) is 33.8 Å². The first-order valence-corrected chi connectivity index (χ1v) is 8.64. The van der Waals surface area contributed by atoms with Crippen molar-refractivity contribution in [2.45, 2.75) is 43.6 Å². The van der Waals surface area contributed by atoms with Gasteiger partial charge in [-0.3, -0.25) is 4.79 Å². The molecule has 3 aliphatic rings. The first-order valence-electron chi connectivity index (χ1n) is 7.85. The van der Waals surface area contributed by atoms with Gasteiger partial charge >= 0.3 is 5.97 Å². The van der Waals surface area contributed by atoms with Gasteiger partial charge in [0.15, 0.2) is 0 Å². The highest BCUT2D eigenvalue weighted by Gasteiger charge is 2.62. The molecule has 1 aromatic rings. The van der Waals surface area contributed by atoms with E-state index in [-0.39, 0.29) is 17.2 Å². The number of hydrogen-bond donors (Lipinski definition) is 1. The van der Waals surface area contributed by atoms with Crippen molar-refractivity contribution in [3.8, 4) is 0 Å². The monoisotopic (exact) mass is 363 g/mol. The van der Waals surface area contributed by atoms with Crippen LogP contribution in [0.15, 0.2) is 22.7 Å². The molecule has 3 unspecified atom stereocenters. The van der Waals surface area contributed by atoms with Crippen LogP contribution in [0.1, 0.15) is 36.8 Å². The van der Waals surface area contributed by atoms with Crippen molar-refractivity contribution < 1.29 is 14.7 Å². The van der Waals surface area contributed by atoms with Crippen LogP contribution in [0.5, 0.6) is 0 Å². The zero-order valence-electron chi connectivity index (χ0n) is 12.2. The second-order valence-electron chi connectivity index (χ2n) is 6.74. The zero-order chi connectivity index (χ0) is 15.5.